The van der Waals surface area contributed by atoms with Gasteiger partial charge in [0, 0.05) is 60.7 Å². The number of hydrogen-bond donors (Lipinski definition) is 2. The maximum atomic E-state index is 15.4. The van der Waals surface area contributed by atoms with Crippen LogP contribution in [-0.2, 0) is 11.3 Å². The molecule has 0 bridgehead atoms. The lowest BCUT2D eigenvalue weighted by molar-refractivity contribution is 0.0615. The molecule has 0 radical (unpaired) electrons. The number of rotatable bonds is 8. The quantitative estimate of drug-likeness (QED) is 0.184. The predicted molar refractivity (Wildman–Crippen MR) is 179 cm³/mol. The minimum Gasteiger partial charge on any atom is -0.493 e. The normalized spacial score (nSPS) is 13.6. The van der Waals surface area contributed by atoms with Gasteiger partial charge in [0.15, 0.2) is 23.1 Å². The number of benzene rings is 3. The van der Waals surface area contributed by atoms with Crippen LogP contribution in [0.15, 0.2) is 76.6 Å². The average molecular weight is 669 g/mol. The third kappa shape index (κ3) is 6.04. The Hall–Kier alpha value is -5.82. The third-order valence-electron chi connectivity index (χ3n) is 8.65. The van der Waals surface area contributed by atoms with Gasteiger partial charge in [0.1, 0.15) is 22.6 Å². The molecule has 0 saturated carbocycles. The van der Waals surface area contributed by atoms with E-state index in [1.54, 1.807) is 22.8 Å². The van der Waals surface area contributed by atoms with Crippen molar-refractivity contribution in [3.63, 3.8) is 0 Å². The molecule has 1 fully saturated rings. The van der Waals surface area contributed by atoms with Crippen LogP contribution in [0.5, 0.6) is 23.0 Å². The Morgan fingerprint density at radius 2 is 1.73 bits per heavy atom. The molecule has 0 unspecified atom stereocenters. The number of pyridine rings is 3. The van der Waals surface area contributed by atoms with Gasteiger partial charge in [-0.3, -0.25) is 19.4 Å². The lowest BCUT2D eigenvalue weighted by Gasteiger charge is -2.24. The summed E-state index contributed by atoms with van der Waals surface area (Å²) in [5, 5.41) is 3.44. The molecule has 1 amide bonds. The van der Waals surface area contributed by atoms with Crippen molar-refractivity contribution >= 4 is 44.3 Å². The Morgan fingerprint density at radius 3 is 2.49 bits per heavy atom. The highest BCUT2D eigenvalue weighted by Crippen LogP contribution is 2.37. The van der Waals surface area contributed by atoms with Crippen molar-refractivity contribution in [3.05, 3.63) is 105 Å². The van der Waals surface area contributed by atoms with Crippen LogP contribution >= 0.6 is 0 Å². The Balaban J connectivity index is 1.23. The SMILES string of the molecule is COc1cc2nccc(Oc3ccc(NC(=O)c4cn(CC5CCOCC5)c5c(=O)[nH]c6cc(F)ccc6c5c4=O)cc3F)c2cc1OC. The number of ether oxygens (including phenoxy) is 4. The first-order valence-electron chi connectivity index (χ1n) is 15.5. The summed E-state index contributed by atoms with van der Waals surface area (Å²) in [4.78, 5) is 47.9. The number of carbonyl (C=O) groups is 1. The van der Waals surface area contributed by atoms with E-state index in [1.165, 1.54) is 50.9 Å². The molecule has 0 spiro atoms. The summed E-state index contributed by atoms with van der Waals surface area (Å²) in [5.74, 6) is -0.951. The van der Waals surface area contributed by atoms with Crippen molar-refractivity contribution in [1.82, 2.24) is 14.5 Å². The summed E-state index contributed by atoms with van der Waals surface area (Å²) in [6.45, 7) is 1.46. The van der Waals surface area contributed by atoms with Crippen LogP contribution in [0.2, 0.25) is 0 Å². The van der Waals surface area contributed by atoms with Crippen LogP contribution in [0.25, 0.3) is 32.7 Å². The summed E-state index contributed by atoms with van der Waals surface area (Å²) in [6, 6.07) is 12.5. The Kier molecular flexibility index (Phi) is 8.43. The molecule has 1 aliphatic heterocycles. The van der Waals surface area contributed by atoms with Crippen LogP contribution in [0.1, 0.15) is 23.2 Å². The molecular formula is C36H30F2N4O7. The van der Waals surface area contributed by atoms with Crippen LogP contribution < -0.4 is 30.5 Å². The van der Waals surface area contributed by atoms with Gasteiger partial charge in [-0.15, -0.1) is 0 Å². The summed E-state index contributed by atoms with van der Waals surface area (Å²) < 4.78 is 53.2. The monoisotopic (exact) mass is 668 g/mol. The zero-order chi connectivity index (χ0) is 34.2. The Morgan fingerprint density at radius 1 is 0.959 bits per heavy atom. The highest BCUT2D eigenvalue weighted by Gasteiger charge is 2.23. The second kappa shape index (κ2) is 13.0. The van der Waals surface area contributed by atoms with E-state index in [-0.39, 0.29) is 39.3 Å². The topological polar surface area (TPSA) is 134 Å². The van der Waals surface area contributed by atoms with E-state index in [2.05, 4.69) is 15.3 Å². The average Bonchev–Trinajstić information content (AvgIpc) is 3.10. The van der Waals surface area contributed by atoms with E-state index in [4.69, 9.17) is 18.9 Å². The molecule has 7 rings (SSSR count). The molecule has 0 atom stereocenters. The fourth-order valence-corrected chi connectivity index (χ4v) is 6.21. The molecule has 1 saturated heterocycles. The van der Waals surface area contributed by atoms with Gasteiger partial charge in [0.05, 0.1) is 30.6 Å². The predicted octanol–water partition coefficient (Wildman–Crippen LogP) is 6.16. The number of nitrogens with zero attached hydrogens (tertiary/aromatic N) is 2. The number of amides is 1. The number of halogens is 2. The molecule has 3 aromatic heterocycles. The summed E-state index contributed by atoms with van der Waals surface area (Å²) >= 11 is 0. The minimum atomic E-state index is -0.808. The first-order valence-corrected chi connectivity index (χ1v) is 15.5. The second-order valence-electron chi connectivity index (χ2n) is 11.7. The minimum absolute atomic E-state index is 0.00721. The van der Waals surface area contributed by atoms with Crippen LogP contribution in [0, 0.1) is 17.6 Å². The zero-order valence-corrected chi connectivity index (χ0v) is 26.5. The molecule has 11 nitrogen and oxygen atoms in total. The Bertz CT molecular complexity index is 2390. The number of aromatic nitrogens is 3. The van der Waals surface area contributed by atoms with Crippen molar-refractivity contribution in [2.45, 2.75) is 19.4 Å². The molecule has 4 heterocycles. The maximum absolute atomic E-state index is 15.4. The van der Waals surface area contributed by atoms with Crippen LogP contribution in [-0.4, -0.2) is 47.9 Å². The number of nitrogens with one attached hydrogen (secondary N) is 2. The van der Waals surface area contributed by atoms with Gasteiger partial charge >= 0.3 is 0 Å². The standard InChI is InChI=1S/C36H30F2N4O7/c1-46-30-15-23-26(16-31(30)47-2)39-10-7-28(23)49-29-6-4-21(14-25(29)38)40-35(44)24-18-42(17-19-8-11-48-12-9-19)33-32(34(24)43)22-5-3-20(37)13-27(22)41-36(33)45/h3-7,10,13-16,18-19H,8-9,11-12,17H2,1-2H3,(H,40,44)(H,41,45). The maximum Gasteiger partial charge on any atom is 0.273 e. The van der Waals surface area contributed by atoms with Crippen molar-refractivity contribution in [1.29, 1.82) is 0 Å². The lowest BCUT2D eigenvalue weighted by Crippen LogP contribution is -2.29. The molecule has 2 N–H and O–H groups in total. The fourth-order valence-electron chi connectivity index (χ4n) is 6.21. The molecule has 250 valence electrons. The number of carbonyl (C=O) groups excluding carboxylic acids is 1. The van der Waals surface area contributed by atoms with Crippen LogP contribution in [0.4, 0.5) is 14.5 Å². The largest absolute Gasteiger partial charge is 0.493 e. The van der Waals surface area contributed by atoms with E-state index >= 15 is 4.39 Å². The number of fused-ring (bicyclic) bond motifs is 4. The van der Waals surface area contributed by atoms with Crippen molar-refractivity contribution in [2.75, 3.05) is 32.8 Å². The summed E-state index contributed by atoms with van der Waals surface area (Å²) in [6.07, 6.45) is 4.33. The van der Waals surface area contributed by atoms with Crippen molar-refractivity contribution in [2.24, 2.45) is 5.92 Å². The molecule has 3 aromatic carbocycles. The van der Waals surface area contributed by atoms with Gasteiger partial charge in [-0.1, -0.05) is 0 Å². The van der Waals surface area contributed by atoms with E-state index < -0.39 is 28.5 Å². The van der Waals surface area contributed by atoms with Gasteiger partial charge in [0.2, 0.25) is 5.43 Å². The number of aromatic amines is 1. The van der Waals surface area contributed by atoms with Gasteiger partial charge in [-0.25, -0.2) is 8.78 Å². The van der Waals surface area contributed by atoms with E-state index in [9.17, 15) is 18.8 Å². The summed E-state index contributed by atoms with van der Waals surface area (Å²) in [7, 11) is 3.00. The van der Waals surface area contributed by atoms with Crippen LogP contribution in [0.3, 0.4) is 0 Å². The molecular weight excluding hydrogens is 638 g/mol. The fraction of sp³-hybridized carbons (Fsp3) is 0.222. The first kappa shape index (κ1) is 31.8. The molecule has 6 aromatic rings. The number of H-pyrrole nitrogens is 1. The number of methoxy groups -OCH3 is 2. The first-order chi connectivity index (χ1) is 23.7. The van der Waals surface area contributed by atoms with E-state index in [1.807, 2.05) is 0 Å². The number of hydrogen-bond acceptors (Lipinski definition) is 8. The van der Waals surface area contributed by atoms with Gasteiger partial charge in [-0.05, 0) is 61.2 Å². The van der Waals surface area contributed by atoms with Crippen molar-refractivity contribution in [3.8, 4) is 23.0 Å². The van der Waals surface area contributed by atoms with Gasteiger partial charge in [0.25, 0.3) is 11.5 Å². The zero-order valence-electron chi connectivity index (χ0n) is 26.5. The van der Waals surface area contributed by atoms with Crippen molar-refractivity contribution < 1.29 is 32.5 Å². The molecule has 13 heteroatoms. The second-order valence-corrected chi connectivity index (χ2v) is 11.7. The van der Waals surface area contributed by atoms with Gasteiger partial charge in [-0.2, -0.15) is 0 Å². The van der Waals surface area contributed by atoms with Gasteiger partial charge < -0.3 is 33.8 Å². The lowest BCUT2D eigenvalue weighted by atomic mass is 9.99. The number of anilines is 1. The highest BCUT2D eigenvalue weighted by atomic mass is 19.1. The van der Waals surface area contributed by atoms with E-state index in [0.29, 0.717) is 53.3 Å². The summed E-state index contributed by atoms with van der Waals surface area (Å²) in [5.41, 5.74) is -0.742. The molecule has 1 aliphatic rings. The molecule has 49 heavy (non-hydrogen) atoms. The smallest absolute Gasteiger partial charge is 0.273 e. The third-order valence-corrected chi connectivity index (χ3v) is 8.65. The Labute approximate surface area is 277 Å². The molecule has 0 aliphatic carbocycles. The van der Waals surface area contributed by atoms with E-state index in [0.717, 1.165) is 25.0 Å². The highest BCUT2D eigenvalue weighted by molar-refractivity contribution is 6.10.